The summed E-state index contributed by atoms with van der Waals surface area (Å²) in [5.41, 5.74) is 6.58. The molecule has 0 aliphatic heterocycles. The molecule has 1 amide bonds. The molecular weight excluding hydrogens is 283 g/mol. The largest absolute Gasteiger partial charge is 0.366 e. The highest BCUT2D eigenvalue weighted by atomic mass is 19.1. The maximum atomic E-state index is 13.9. The first-order valence-electron chi connectivity index (χ1n) is 6.71. The maximum Gasteiger partial charge on any atom is 0.265 e. The molecule has 0 unspecified atom stereocenters. The van der Waals surface area contributed by atoms with Crippen LogP contribution in [0, 0.1) is 12.7 Å². The number of halogens is 1. The van der Waals surface area contributed by atoms with E-state index in [1.165, 1.54) is 22.8 Å². The Morgan fingerprint density at radius 1 is 1.05 bits per heavy atom. The van der Waals surface area contributed by atoms with Crippen LogP contribution in [0.2, 0.25) is 0 Å². The molecular formula is C17H13FN2O2. The quantitative estimate of drug-likeness (QED) is 0.790. The normalized spacial score (nSPS) is 10.8. The number of nitrogens with zero attached hydrogens (tertiary/aromatic N) is 1. The molecule has 4 nitrogen and oxygen atoms in total. The van der Waals surface area contributed by atoms with Crippen molar-refractivity contribution in [2.24, 2.45) is 5.73 Å². The lowest BCUT2D eigenvalue weighted by Crippen LogP contribution is -2.17. The Kier molecular flexibility index (Phi) is 3.25. The molecule has 0 radical (unpaired) electrons. The van der Waals surface area contributed by atoms with Gasteiger partial charge in [0.1, 0.15) is 5.82 Å². The summed E-state index contributed by atoms with van der Waals surface area (Å²) < 4.78 is 15.2. The van der Waals surface area contributed by atoms with E-state index in [-0.39, 0.29) is 11.1 Å². The molecule has 5 heteroatoms. The SMILES string of the molecule is Cc1c(C(N)=O)c2ccccc2n1C(=O)c1ccccc1F. The van der Waals surface area contributed by atoms with Gasteiger partial charge in [0.05, 0.1) is 16.6 Å². The Hall–Kier alpha value is -2.95. The van der Waals surface area contributed by atoms with Crippen molar-refractivity contribution < 1.29 is 14.0 Å². The van der Waals surface area contributed by atoms with Crippen LogP contribution >= 0.6 is 0 Å². The van der Waals surface area contributed by atoms with Gasteiger partial charge in [-0.3, -0.25) is 14.2 Å². The van der Waals surface area contributed by atoms with Crippen molar-refractivity contribution in [1.82, 2.24) is 4.57 Å². The molecule has 22 heavy (non-hydrogen) atoms. The second-order valence-corrected chi connectivity index (χ2v) is 4.96. The number of benzene rings is 2. The van der Waals surface area contributed by atoms with Crippen LogP contribution in [0.1, 0.15) is 26.4 Å². The molecule has 2 N–H and O–H groups in total. The van der Waals surface area contributed by atoms with E-state index in [0.29, 0.717) is 16.6 Å². The first-order valence-corrected chi connectivity index (χ1v) is 6.71. The molecule has 2 aromatic carbocycles. The van der Waals surface area contributed by atoms with Crippen LogP contribution in [0.3, 0.4) is 0 Å². The van der Waals surface area contributed by atoms with Crippen LogP contribution in [-0.2, 0) is 0 Å². The smallest absolute Gasteiger partial charge is 0.265 e. The lowest BCUT2D eigenvalue weighted by Gasteiger charge is -2.08. The first kappa shape index (κ1) is 14.0. The number of carbonyl (C=O) groups is 2. The third-order valence-electron chi connectivity index (χ3n) is 3.67. The van der Waals surface area contributed by atoms with Gasteiger partial charge in [-0.15, -0.1) is 0 Å². The van der Waals surface area contributed by atoms with Crippen LogP contribution in [0.4, 0.5) is 4.39 Å². The molecule has 3 rings (SSSR count). The molecule has 0 aliphatic rings. The molecule has 0 aliphatic carbocycles. The van der Waals surface area contributed by atoms with Crippen molar-refractivity contribution in [1.29, 1.82) is 0 Å². The zero-order valence-electron chi connectivity index (χ0n) is 11.8. The predicted octanol–water partition coefficient (Wildman–Crippen LogP) is 2.88. The van der Waals surface area contributed by atoms with Gasteiger partial charge in [-0.05, 0) is 25.1 Å². The number of hydrogen-bond acceptors (Lipinski definition) is 2. The number of amides is 1. The third-order valence-corrected chi connectivity index (χ3v) is 3.67. The second-order valence-electron chi connectivity index (χ2n) is 4.96. The summed E-state index contributed by atoms with van der Waals surface area (Å²) in [7, 11) is 0. The first-order chi connectivity index (χ1) is 10.5. The lowest BCUT2D eigenvalue weighted by molar-refractivity contribution is 0.0959. The van der Waals surface area contributed by atoms with Gasteiger partial charge in [-0.25, -0.2) is 4.39 Å². The molecule has 0 spiro atoms. The summed E-state index contributed by atoms with van der Waals surface area (Å²) in [5, 5.41) is 0.581. The topological polar surface area (TPSA) is 65.1 Å². The van der Waals surface area contributed by atoms with E-state index in [4.69, 9.17) is 5.73 Å². The summed E-state index contributed by atoms with van der Waals surface area (Å²) in [6.07, 6.45) is 0. The monoisotopic (exact) mass is 296 g/mol. The molecule has 1 heterocycles. The Labute approximate surface area is 126 Å². The summed E-state index contributed by atoms with van der Waals surface area (Å²) in [6, 6.07) is 12.7. The number of para-hydroxylation sites is 1. The average Bonchev–Trinajstić information content (AvgIpc) is 2.79. The number of fused-ring (bicyclic) bond motifs is 1. The van der Waals surface area contributed by atoms with E-state index in [1.807, 2.05) is 0 Å². The van der Waals surface area contributed by atoms with E-state index >= 15 is 0 Å². The minimum atomic E-state index is -0.617. The highest BCUT2D eigenvalue weighted by molar-refractivity contribution is 6.12. The van der Waals surface area contributed by atoms with Gasteiger partial charge in [-0.2, -0.15) is 0 Å². The summed E-state index contributed by atoms with van der Waals surface area (Å²) in [5.74, 6) is -1.75. The fraction of sp³-hybridized carbons (Fsp3) is 0.0588. The van der Waals surface area contributed by atoms with Gasteiger partial charge in [0, 0.05) is 11.1 Å². The van der Waals surface area contributed by atoms with Crippen LogP contribution in [-0.4, -0.2) is 16.4 Å². The highest BCUT2D eigenvalue weighted by Gasteiger charge is 2.23. The third kappa shape index (κ3) is 1.98. The van der Waals surface area contributed by atoms with Crippen molar-refractivity contribution in [3.8, 4) is 0 Å². The van der Waals surface area contributed by atoms with Crippen molar-refractivity contribution in [2.45, 2.75) is 6.92 Å². The van der Waals surface area contributed by atoms with Gasteiger partial charge >= 0.3 is 0 Å². The number of carbonyl (C=O) groups excluding carboxylic acids is 2. The number of hydrogen-bond donors (Lipinski definition) is 1. The maximum absolute atomic E-state index is 13.9. The molecule has 0 atom stereocenters. The van der Waals surface area contributed by atoms with Crippen molar-refractivity contribution >= 4 is 22.7 Å². The fourth-order valence-electron chi connectivity index (χ4n) is 2.70. The summed E-state index contributed by atoms with van der Waals surface area (Å²) in [4.78, 5) is 24.4. The highest BCUT2D eigenvalue weighted by Crippen LogP contribution is 2.26. The summed E-state index contributed by atoms with van der Waals surface area (Å²) >= 11 is 0. The van der Waals surface area contributed by atoms with Gasteiger partial charge in [-0.1, -0.05) is 30.3 Å². The Balaban J connectivity index is 2.32. The minimum Gasteiger partial charge on any atom is -0.366 e. The Morgan fingerprint density at radius 2 is 1.68 bits per heavy atom. The van der Waals surface area contributed by atoms with E-state index in [9.17, 15) is 14.0 Å². The minimum absolute atomic E-state index is 0.0534. The van der Waals surface area contributed by atoms with E-state index in [0.717, 1.165) is 0 Å². The van der Waals surface area contributed by atoms with Gasteiger partial charge < -0.3 is 5.73 Å². The van der Waals surface area contributed by atoms with Crippen LogP contribution in [0.15, 0.2) is 48.5 Å². The Bertz CT molecular complexity index is 912. The molecule has 0 fully saturated rings. The zero-order chi connectivity index (χ0) is 15.9. The molecule has 1 aromatic heterocycles. The van der Waals surface area contributed by atoms with Crippen LogP contribution in [0.25, 0.3) is 10.9 Å². The fourth-order valence-corrected chi connectivity index (χ4v) is 2.70. The number of primary amides is 1. The van der Waals surface area contributed by atoms with E-state index < -0.39 is 17.6 Å². The number of rotatable bonds is 2. The van der Waals surface area contributed by atoms with E-state index in [2.05, 4.69) is 0 Å². The zero-order valence-corrected chi connectivity index (χ0v) is 11.8. The molecule has 3 aromatic rings. The van der Waals surface area contributed by atoms with Crippen molar-refractivity contribution in [3.63, 3.8) is 0 Å². The van der Waals surface area contributed by atoms with Gasteiger partial charge in [0.25, 0.3) is 11.8 Å². The predicted molar refractivity (Wildman–Crippen MR) is 81.3 cm³/mol. The van der Waals surface area contributed by atoms with Crippen LogP contribution in [0.5, 0.6) is 0 Å². The molecule has 110 valence electrons. The molecule has 0 bridgehead atoms. The number of nitrogens with two attached hydrogens (primary N) is 1. The van der Waals surface area contributed by atoms with Crippen molar-refractivity contribution in [3.05, 3.63) is 71.2 Å². The van der Waals surface area contributed by atoms with Crippen LogP contribution < -0.4 is 5.73 Å². The standard InChI is InChI=1S/C17H13FN2O2/c1-10-15(16(19)21)12-7-3-5-9-14(12)20(10)17(22)11-6-2-4-8-13(11)18/h2-9H,1H3,(H2,19,21). The van der Waals surface area contributed by atoms with E-state index in [1.54, 1.807) is 37.3 Å². The van der Waals surface area contributed by atoms with Gasteiger partial charge in [0.2, 0.25) is 0 Å². The number of aromatic nitrogens is 1. The average molecular weight is 296 g/mol. The van der Waals surface area contributed by atoms with Gasteiger partial charge in [0.15, 0.2) is 0 Å². The summed E-state index contributed by atoms with van der Waals surface area (Å²) in [6.45, 7) is 1.62. The molecule has 0 saturated heterocycles. The Morgan fingerprint density at radius 3 is 2.36 bits per heavy atom. The lowest BCUT2D eigenvalue weighted by atomic mass is 10.1. The second kappa shape index (κ2) is 5.11. The van der Waals surface area contributed by atoms with Crippen molar-refractivity contribution in [2.75, 3.05) is 0 Å². The molecule has 0 saturated carbocycles.